The lowest BCUT2D eigenvalue weighted by atomic mass is 10.1. The Bertz CT molecular complexity index is 544. The molecule has 0 N–H and O–H groups in total. The molecular formula is C13H15N3O2. The number of carbonyl (C=O) groups is 1. The minimum absolute atomic E-state index is 0.169. The number of methoxy groups -OCH3 is 1. The molecule has 0 radical (unpaired) electrons. The predicted molar refractivity (Wildman–Crippen MR) is 67.4 cm³/mol. The van der Waals surface area contributed by atoms with Gasteiger partial charge in [-0.15, -0.1) is 5.10 Å². The Labute approximate surface area is 105 Å². The fourth-order valence-corrected chi connectivity index (χ4v) is 1.84. The maximum Gasteiger partial charge on any atom is 0.172 e. The van der Waals surface area contributed by atoms with Crippen molar-refractivity contribution in [3.8, 4) is 11.4 Å². The van der Waals surface area contributed by atoms with E-state index in [2.05, 4.69) is 10.3 Å². The van der Waals surface area contributed by atoms with Crippen molar-refractivity contribution in [2.45, 2.75) is 19.8 Å². The molecule has 5 heteroatoms. The minimum atomic E-state index is 0.169. The summed E-state index contributed by atoms with van der Waals surface area (Å²) < 4.78 is 6.80. The number of rotatable bonds is 4. The molecule has 0 atom stereocenters. The van der Waals surface area contributed by atoms with Crippen molar-refractivity contribution in [1.29, 1.82) is 0 Å². The van der Waals surface area contributed by atoms with Crippen LogP contribution >= 0.6 is 0 Å². The summed E-state index contributed by atoms with van der Waals surface area (Å²) in [6.45, 7) is 4.01. The molecule has 18 heavy (non-hydrogen) atoms. The molecule has 5 nitrogen and oxygen atoms in total. The molecule has 1 aromatic carbocycles. The molecule has 0 fully saturated rings. The van der Waals surface area contributed by atoms with Crippen molar-refractivity contribution in [2.75, 3.05) is 7.11 Å². The zero-order valence-electron chi connectivity index (χ0n) is 10.6. The monoisotopic (exact) mass is 245 g/mol. The van der Waals surface area contributed by atoms with Gasteiger partial charge in [-0.25, -0.2) is 4.68 Å². The van der Waals surface area contributed by atoms with Crippen LogP contribution in [0.5, 0.6) is 5.75 Å². The highest BCUT2D eigenvalue weighted by Crippen LogP contribution is 2.21. The van der Waals surface area contributed by atoms with Crippen molar-refractivity contribution >= 4 is 6.29 Å². The molecule has 2 rings (SSSR count). The maximum atomic E-state index is 10.9. The van der Waals surface area contributed by atoms with E-state index in [0.717, 1.165) is 23.4 Å². The van der Waals surface area contributed by atoms with Gasteiger partial charge in [0.05, 0.1) is 18.5 Å². The first-order valence-electron chi connectivity index (χ1n) is 5.72. The van der Waals surface area contributed by atoms with Gasteiger partial charge in [0.15, 0.2) is 6.29 Å². The van der Waals surface area contributed by atoms with Crippen LogP contribution in [0.4, 0.5) is 0 Å². The summed E-state index contributed by atoms with van der Waals surface area (Å²) in [5.41, 5.74) is 2.07. The van der Waals surface area contributed by atoms with Crippen molar-refractivity contribution < 1.29 is 9.53 Å². The van der Waals surface area contributed by atoms with Gasteiger partial charge in [0, 0.05) is 0 Å². The largest absolute Gasteiger partial charge is 0.497 e. The molecule has 2 aromatic rings. The minimum Gasteiger partial charge on any atom is -0.497 e. The molecular weight excluding hydrogens is 230 g/mol. The Kier molecular flexibility index (Phi) is 3.41. The van der Waals surface area contributed by atoms with Crippen LogP contribution < -0.4 is 4.74 Å². The summed E-state index contributed by atoms with van der Waals surface area (Å²) in [6, 6.07) is 7.46. The third kappa shape index (κ3) is 2.11. The quantitative estimate of drug-likeness (QED) is 0.775. The van der Waals surface area contributed by atoms with E-state index in [4.69, 9.17) is 4.74 Å². The second-order valence-electron chi connectivity index (χ2n) is 4.24. The molecule has 0 amide bonds. The molecule has 0 aliphatic heterocycles. The van der Waals surface area contributed by atoms with Gasteiger partial charge in [-0.1, -0.05) is 19.1 Å². The van der Waals surface area contributed by atoms with E-state index >= 15 is 0 Å². The van der Waals surface area contributed by atoms with Crippen LogP contribution in [0.2, 0.25) is 0 Å². The molecule has 1 heterocycles. The third-order valence-corrected chi connectivity index (χ3v) is 2.71. The first-order valence-corrected chi connectivity index (χ1v) is 5.72. The van der Waals surface area contributed by atoms with Gasteiger partial charge >= 0.3 is 0 Å². The van der Waals surface area contributed by atoms with Gasteiger partial charge in [-0.2, -0.15) is 0 Å². The van der Waals surface area contributed by atoms with E-state index in [9.17, 15) is 4.79 Å². The highest BCUT2D eigenvalue weighted by atomic mass is 16.5. The van der Waals surface area contributed by atoms with Crippen LogP contribution in [0, 0.1) is 0 Å². The lowest BCUT2D eigenvalue weighted by molar-refractivity contribution is 0.111. The van der Waals surface area contributed by atoms with E-state index in [0.29, 0.717) is 5.69 Å². The Morgan fingerprint density at radius 1 is 1.28 bits per heavy atom. The van der Waals surface area contributed by atoms with E-state index in [1.54, 1.807) is 11.8 Å². The van der Waals surface area contributed by atoms with Crippen LogP contribution in [0.1, 0.15) is 35.9 Å². The van der Waals surface area contributed by atoms with Crippen LogP contribution in [-0.4, -0.2) is 28.4 Å². The number of benzene rings is 1. The van der Waals surface area contributed by atoms with E-state index in [-0.39, 0.29) is 5.92 Å². The summed E-state index contributed by atoms with van der Waals surface area (Å²) in [6.07, 6.45) is 0.738. The van der Waals surface area contributed by atoms with Crippen LogP contribution in [0.25, 0.3) is 5.69 Å². The Hall–Kier alpha value is -2.17. The van der Waals surface area contributed by atoms with Gasteiger partial charge in [0.25, 0.3) is 0 Å². The summed E-state index contributed by atoms with van der Waals surface area (Å²) in [5.74, 6) is 0.947. The Balaban J connectivity index is 2.49. The lowest BCUT2D eigenvalue weighted by Crippen LogP contribution is -2.05. The second-order valence-corrected chi connectivity index (χ2v) is 4.24. The molecule has 94 valence electrons. The van der Waals surface area contributed by atoms with Crippen LogP contribution in [-0.2, 0) is 0 Å². The molecule has 0 saturated heterocycles. The molecule has 0 unspecified atom stereocenters. The fourth-order valence-electron chi connectivity index (χ4n) is 1.84. The highest BCUT2D eigenvalue weighted by molar-refractivity contribution is 5.73. The molecule has 0 spiro atoms. The molecule has 0 aliphatic rings. The smallest absolute Gasteiger partial charge is 0.172 e. The summed E-state index contributed by atoms with van der Waals surface area (Å²) in [7, 11) is 1.62. The number of aromatic nitrogens is 3. The molecule has 0 aliphatic carbocycles. The average Bonchev–Trinajstić information content (AvgIpc) is 2.82. The standard InChI is InChI=1S/C13H15N3O2/c1-9(2)13-12(8-17)14-15-16(13)10-4-6-11(18-3)7-5-10/h4-9H,1-3H3. The van der Waals surface area contributed by atoms with Gasteiger partial charge < -0.3 is 4.74 Å². The van der Waals surface area contributed by atoms with E-state index < -0.39 is 0 Å². The normalized spacial score (nSPS) is 10.7. The Morgan fingerprint density at radius 3 is 2.44 bits per heavy atom. The lowest BCUT2D eigenvalue weighted by Gasteiger charge is -2.09. The number of nitrogens with zero attached hydrogens (tertiary/aromatic N) is 3. The first-order chi connectivity index (χ1) is 8.67. The van der Waals surface area contributed by atoms with Crippen LogP contribution in [0.3, 0.4) is 0 Å². The summed E-state index contributed by atoms with van der Waals surface area (Å²) in [4.78, 5) is 10.9. The van der Waals surface area contributed by atoms with E-state index in [1.165, 1.54) is 0 Å². The van der Waals surface area contributed by atoms with Crippen molar-refractivity contribution in [1.82, 2.24) is 15.0 Å². The van der Waals surface area contributed by atoms with Gasteiger partial charge in [-0.05, 0) is 30.2 Å². The van der Waals surface area contributed by atoms with Crippen molar-refractivity contribution in [3.05, 3.63) is 35.7 Å². The molecule has 0 bridgehead atoms. The second kappa shape index (κ2) is 5.00. The Morgan fingerprint density at radius 2 is 1.94 bits per heavy atom. The summed E-state index contributed by atoms with van der Waals surface area (Å²) in [5, 5.41) is 7.92. The average molecular weight is 245 g/mol. The zero-order valence-corrected chi connectivity index (χ0v) is 10.6. The number of hydrogen-bond donors (Lipinski definition) is 0. The number of hydrogen-bond acceptors (Lipinski definition) is 4. The first kappa shape index (κ1) is 12.3. The number of ether oxygens (including phenoxy) is 1. The molecule has 0 saturated carbocycles. The fraction of sp³-hybridized carbons (Fsp3) is 0.308. The van der Waals surface area contributed by atoms with Crippen molar-refractivity contribution in [3.63, 3.8) is 0 Å². The third-order valence-electron chi connectivity index (χ3n) is 2.71. The van der Waals surface area contributed by atoms with Gasteiger partial charge in [-0.3, -0.25) is 4.79 Å². The zero-order chi connectivity index (χ0) is 13.1. The van der Waals surface area contributed by atoms with Gasteiger partial charge in [0.1, 0.15) is 11.4 Å². The summed E-state index contributed by atoms with van der Waals surface area (Å²) >= 11 is 0. The maximum absolute atomic E-state index is 10.9. The van der Waals surface area contributed by atoms with E-state index in [1.807, 2.05) is 38.1 Å². The highest BCUT2D eigenvalue weighted by Gasteiger charge is 2.16. The molecule has 1 aromatic heterocycles. The number of aldehydes is 1. The topological polar surface area (TPSA) is 57.0 Å². The van der Waals surface area contributed by atoms with Crippen LogP contribution in [0.15, 0.2) is 24.3 Å². The number of carbonyl (C=O) groups excluding carboxylic acids is 1. The predicted octanol–water partition coefficient (Wildman–Crippen LogP) is 2.21. The van der Waals surface area contributed by atoms with Gasteiger partial charge in [0.2, 0.25) is 0 Å². The van der Waals surface area contributed by atoms with Crippen molar-refractivity contribution in [2.24, 2.45) is 0 Å². The SMILES string of the molecule is COc1ccc(-n2nnc(C=O)c2C(C)C)cc1.